The number of carboxylic acids is 1. The molecule has 0 aliphatic rings. The number of hydrogen-bond acceptors (Lipinski definition) is 3. The largest absolute Gasteiger partial charge is 0.478 e. The number of alkyl halides is 3. The molecule has 0 radical (unpaired) electrons. The Labute approximate surface area is 112 Å². The van der Waals surface area contributed by atoms with Crippen LogP contribution in [0.2, 0.25) is 5.15 Å². The Balaban J connectivity index is 2.98. The molecule has 19 heavy (non-hydrogen) atoms. The predicted octanol–water partition coefficient (Wildman–Crippen LogP) is 3.36. The van der Waals surface area contributed by atoms with Gasteiger partial charge in [0.25, 0.3) is 0 Å². The lowest BCUT2D eigenvalue weighted by Gasteiger charge is -2.13. The first-order valence-electron chi connectivity index (χ1n) is 5.48. The highest BCUT2D eigenvalue weighted by molar-refractivity contribution is 6.29. The van der Waals surface area contributed by atoms with Crippen molar-refractivity contribution in [3.8, 4) is 0 Å². The number of aromatic nitrogens is 1. The Bertz CT molecular complexity index is 478. The lowest BCUT2D eigenvalue weighted by molar-refractivity contribution is -0.131. The van der Waals surface area contributed by atoms with Crippen LogP contribution < -0.4 is 5.32 Å². The minimum absolute atomic E-state index is 0.0383. The molecule has 1 aromatic rings. The summed E-state index contributed by atoms with van der Waals surface area (Å²) < 4.78 is 36.1. The third kappa shape index (κ3) is 4.59. The lowest BCUT2D eigenvalue weighted by atomic mass is 10.1. The van der Waals surface area contributed by atoms with E-state index in [1.807, 2.05) is 0 Å². The van der Waals surface area contributed by atoms with Crippen LogP contribution in [0.3, 0.4) is 0 Å². The molecule has 0 amide bonds. The van der Waals surface area contributed by atoms with Crippen molar-refractivity contribution in [2.75, 3.05) is 11.9 Å². The minimum Gasteiger partial charge on any atom is -0.478 e. The Morgan fingerprint density at radius 1 is 1.53 bits per heavy atom. The summed E-state index contributed by atoms with van der Waals surface area (Å²) in [6.45, 7) is 1.26. The molecule has 0 saturated heterocycles. The van der Waals surface area contributed by atoms with Gasteiger partial charge in [-0.3, -0.25) is 0 Å². The van der Waals surface area contributed by atoms with E-state index in [2.05, 4.69) is 10.3 Å². The fraction of sp³-hybridized carbons (Fsp3) is 0.455. The van der Waals surface area contributed by atoms with Gasteiger partial charge in [-0.15, -0.1) is 0 Å². The first-order chi connectivity index (χ1) is 8.74. The highest BCUT2D eigenvalue weighted by Crippen LogP contribution is 2.25. The van der Waals surface area contributed by atoms with Crippen molar-refractivity contribution in [2.45, 2.75) is 25.9 Å². The quantitative estimate of drug-likeness (QED) is 0.818. The molecule has 1 rings (SSSR count). The summed E-state index contributed by atoms with van der Waals surface area (Å²) in [5, 5.41) is 11.6. The maximum Gasteiger partial charge on any atom is 0.390 e. The molecule has 106 valence electrons. The normalized spacial score (nSPS) is 11.4. The van der Waals surface area contributed by atoms with Crippen molar-refractivity contribution in [1.82, 2.24) is 4.98 Å². The smallest absolute Gasteiger partial charge is 0.390 e. The van der Waals surface area contributed by atoms with E-state index in [9.17, 15) is 18.0 Å². The zero-order valence-corrected chi connectivity index (χ0v) is 10.8. The average Bonchev–Trinajstić information content (AvgIpc) is 2.25. The van der Waals surface area contributed by atoms with Crippen LogP contribution in [0.1, 0.15) is 29.4 Å². The third-order valence-corrected chi connectivity index (χ3v) is 2.53. The summed E-state index contributed by atoms with van der Waals surface area (Å²) in [6, 6.07) is 1.21. The molecule has 0 fully saturated rings. The average molecular weight is 297 g/mol. The molecule has 0 saturated carbocycles. The van der Waals surface area contributed by atoms with Crippen LogP contribution in [-0.2, 0) is 6.42 Å². The van der Waals surface area contributed by atoms with Gasteiger partial charge in [-0.2, -0.15) is 13.2 Å². The second kappa shape index (κ2) is 6.10. The first-order valence-corrected chi connectivity index (χ1v) is 5.85. The molecule has 0 aliphatic carbocycles. The van der Waals surface area contributed by atoms with Gasteiger partial charge >= 0.3 is 12.1 Å². The van der Waals surface area contributed by atoms with E-state index in [4.69, 9.17) is 16.7 Å². The maximum absolute atomic E-state index is 12.0. The zero-order valence-electron chi connectivity index (χ0n) is 10.0. The zero-order chi connectivity index (χ0) is 14.6. The van der Waals surface area contributed by atoms with Crippen molar-refractivity contribution in [3.63, 3.8) is 0 Å². The molecule has 8 heteroatoms. The predicted molar refractivity (Wildman–Crippen MR) is 64.7 cm³/mol. The molecule has 0 aromatic carbocycles. The van der Waals surface area contributed by atoms with E-state index < -0.39 is 25.1 Å². The van der Waals surface area contributed by atoms with Gasteiger partial charge in [-0.05, 0) is 12.5 Å². The number of nitrogens with one attached hydrogen (secondary N) is 1. The van der Waals surface area contributed by atoms with E-state index >= 15 is 0 Å². The van der Waals surface area contributed by atoms with E-state index in [0.717, 1.165) is 0 Å². The molecular formula is C11H12ClF3N2O2. The molecule has 4 nitrogen and oxygen atoms in total. The molecule has 0 spiro atoms. The monoisotopic (exact) mass is 296 g/mol. The van der Waals surface area contributed by atoms with Gasteiger partial charge in [-0.1, -0.05) is 18.5 Å². The number of aryl methyl sites for hydroxylation is 1. The number of nitrogens with zero attached hydrogens (tertiary/aromatic N) is 1. The van der Waals surface area contributed by atoms with Gasteiger partial charge in [-0.25, -0.2) is 9.78 Å². The topological polar surface area (TPSA) is 62.2 Å². The fourth-order valence-corrected chi connectivity index (χ4v) is 1.75. The van der Waals surface area contributed by atoms with Gasteiger partial charge in [0.1, 0.15) is 10.7 Å². The number of pyridine rings is 1. The van der Waals surface area contributed by atoms with Gasteiger partial charge in [0.15, 0.2) is 0 Å². The molecule has 1 heterocycles. The summed E-state index contributed by atoms with van der Waals surface area (Å²) in [6.07, 6.45) is -5.05. The van der Waals surface area contributed by atoms with Crippen molar-refractivity contribution >= 4 is 23.3 Å². The number of anilines is 1. The number of halogens is 4. The summed E-state index contributed by atoms with van der Waals surface area (Å²) in [4.78, 5) is 15.0. The van der Waals surface area contributed by atoms with Gasteiger partial charge < -0.3 is 10.4 Å². The van der Waals surface area contributed by atoms with Crippen LogP contribution in [-0.4, -0.2) is 28.8 Å². The molecule has 0 unspecified atom stereocenters. The summed E-state index contributed by atoms with van der Waals surface area (Å²) in [7, 11) is 0. The van der Waals surface area contributed by atoms with E-state index in [0.29, 0.717) is 6.42 Å². The highest BCUT2D eigenvalue weighted by atomic mass is 35.5. The maximum atomic E-state index is 12.0. The Kier molecular flexibility index (Phi) is 4.99. The molecule has 0 atom stereocenters. The number of rotatable bonds is 5. The van der Waals surface area contributed by atoms with Gasteiger partial charge in [0.2, 0.25) is 0 Å². The molecule has 1 aromatic heterocycles. The number of hydrogen-bond donors (Lipinski definition) is 2. The van der Waals surface area contributed by atoms with Gasteiger partial charge in [0, 0.05) is 6.54 Å². The lowest BCUT2D eigenvalue weighted by Crippen LogP contribution is -2.17. The highest BCUT2D eigenvalue weighted by Gasteiger charge is 2.26. The molecule has 2 N–H and O–H groups in total. The first kappa shape index (κ1) is 15.6. The van der Waals surface area contributed by atoms with Crippen LogP contribution in [0.25, 0.3) is 0 Å². The SMILES string of the molecule is CCc1nc(Cl)cc(NCCC(F)(F)F)c1C(=O)O. The summed E-state index contributed by atoms with van der Waals surface area (Å²) in [5.41, 5.74) is 0.136. The number of aromatic carboxylic acids is 1. The van der Waals surface area contributed by atoms with Crippen molar-refractivity contribution in [1.29, 1.82) is 0 Å². The van der Waals surface area contributed by atoms with Crippen LogP contribution in [0.4, 0.5) is 18.9 Å². The van der Waals surface area contributed by atoms with Crippen LogP contribution in [0.5, 0.6) is 0 Å². The van der Waals surface area contributed by atoms with Crippen LogP contribution >= 0.6 is 11.6 Å². The Morgan fingerprint density at radius 2 is 2.16 bits per heavy atom. The van der Waals surface area contributed by atoms with E-state index in [1.54, 1.807) is 6.92 Å². The second-order valence-electron chi connectivity index (χ2n) is 3.76. The summed E-state index contributed by atoms with van der Waals surface area (Å²) >= 11 is 5.71. The van der Waals surface area contributed by atoms with Crippen molar-refractivity contribution in [3.05, 3.63) is 22.5 Å². The molecule has 0 bridgehead atoms. The van der Waals surface area contributed by atoms with E-state index in [-0.39, 0.29) is 22.1 Å². The second-order valence-corrected chi connectivity index (χ2v) is 4.15. The standard InChI is InChI=1S/C11H12ClF3N2O2/c1-2-6-9(10(18)19)7(5-8(12)17-6)16-4-3-11(13,14)15/h5H,2-4H2,1H3,(H,16,17)(H,18,19). The molecular weight excluding hydrogens is 285 g/mol. The Hall–Kier alpha value is -1.50. The van der Waals surface area contributed by atoms with Crippen molar-refractivity contribution < 1.29 is 23.1 Å². The van der Waals surface area contributed by atoms with Gasteiger partial charge in [0.05, 0.1) is 17.8 Å². The Morgan fingerprint density at radius 3 is 2.63 bits per heavy atom. The minimum atomic E-state index is -4.30. The fourth-order valence-electron chi connectivity index (χ4n) is 1.54. The number of carboxylic acid groups (broad SMARTS) is 1. The number of carbonyl (C=O) groups is 1. The molecule has 0 aliphatic heterocycles. The van der Waals surface area contributed by atoms with Crippen molar-refractivity contribution in [2.24, 2.45) is 0 Å². The van der Waals surface area contributed by atoms with E-state index in [1.165, 1.54) is 6.07 Å². The van der Waals surface area contributed by atoms with Crippen LogP contribution in [0.15, 0.2) is 6.07 Å². The summed E-state index contributed by atoms with van der Waals surface area (Å²) in [5.74, 6) is -1.25. The van der Waals surface area contributed by atoms with Crippen LogP contribution in [0, 0.1) is 0 Å². The third-order valence-electron chi connectivity index (χ3n) is 2.34.